The smallest absolute Gasteiger partial charge is 0.358 e. The second-order valence-corrected chi connectivity index (χ2v) is 3.71. The van der Waals surface area contributed by atoms with Gasteiger partial charge < -0.3 is 4.84 Å². The Morgan fingerprint density at radius 1 is 1.20 bits per heavy atom. The Hall–Kier alpha value is -1.65. The van der Waals surface area contributed by atoms with Gasteiger partial charge in [0.05, 0.1) is 5.56 Å². The van der Waals surface area contributed by atoms with Crippen LogP contribution >= 0.6 is 11.3 Å². The average molecular weight is 219 g/mol. The van der Waals surface area contributed by atoms with Gasteiger partial charge in [0, 0.05) is 10.9 Å². The fraction of sp³-hybridized carbons (Fsp3) is 0. The summed E-state index contributed by atoms with van der Waals surface area (Å²) in [5.41, 5.74) is 2.35. The van der Waals surface area contributed by atoms with Crippen molar-refractivity contribution < 1.29 is 9.63 Å². The molecule has 0 saturated heterocycles. The quantitative estimate of drug-likeness (QED) is 0.789. The van der Waals surface area contributed by atoms with Gasteiger partial charge in [0.2, 0.25) is 0 Å². The molecule has 1 aromatic carbocycles. The van der Waals surface area contributed by atoms with Gasteiger partial charge in [0.15, 0.2) is 0 Å². The molecule has 0 unspecified atom stereocenters. The first-order valence-corrected chi connectivity index (χ1v) is 5.30. The first-order valence-electron chi connectivity index (χ1n) is 4.35. The third kappa shape index (κ3) is 1.91. The Bertz CT molecular complexity index is 464. The number of hydrogen-bond acceptors (Lipinski definition) is 4. The summed E-state index contributed by atoms with van der Waals surface area (Å²) in [6.45, 7) is 0. The molecule has 4 heteroatoms. The molecule has 1 heterocycles. The highest BCUT2D eigenvalue weighted by Gasteiger charge is 2.14. The molecule has 2 rings (SSSR count). The van der Waals surface area contributed by atoms with E-state index in [1.807, 2.05) is 35.7 Å². The minimum absolute atomic E-state index is 0.505. The number of benzene rings is 1. The third-order valence-electron chi connectivity index (χ3n) is 2.07. The molecule has 0 aliphatic carbocycles. The summed E-state index contributed by atoms with van der Waals surface area (Å²) in [5.74, 6) is 4.36. The summed E-state index contributed by atoms with van der Waals surface area (Å²) in [5, 5.41) is 3.64. The topological polar surface area (TPSA) is 52.3 Å². The highest BCUT2D eigenvalue weighted by Crippen LogP contribution is 2.27. The van der Waals surface area contributed by atoms with Crippen molar-refractivity contribution in [1.82, 2.24) is 0 Å². The van der Waals surface area contributed by atoms with Gasteiger partial charge in [-0.05, 0) is 10.9 Å². The zero-order valence-electron chi connectivity index (χ0n) is 7.84. The fourth-order valence-corrected chi connectivity index (χ4v) is 2.19. The second kappa shape index (κ2) is 4.25. The molecule has 0 aliphatic heterocycles. The molecule has 3 nitrogen and oxygen atoms in total. The molecular formula is C11H9NO2S. The predicted molar refractivity (Wildman–Crippen MR) is 59.4 cm³/mol. The van der Waals surface area contributed by atoms with Gasteiger partial charge in [-0.25, -0.2) is 4.79 Å². The van der Waals surface area contributed by atoms with Crippen LogP contribution in [0.3, 0.4) is 0 Å². The monoisotopic (exact) mass is 219 g/mol. The van der Waals surface area contributed by atoms with Gasteiger partial charge in [-0.1, -0.05) is 30.3 Å². The molecule has 0 spiro atoms. The summed E-state index contributed by atoms with van der Waals surface area (Å²) in [7, 11) is 0. The highest BCUT2D eigenvalue weighted by atomic mass is 32.1. The molecule has 0 fully saturated rings. The summed E-state index contributed by atoms with van der Waals surface area (Å²) < 4.78 is 0. The maximum Gasteiger partial charge on any atom is 0.358 e. The van der Waals surface area contributed by atoms with Gasteiger partial charge in [-0.2, -0.15) is 17.2 Å². The van der Waals surface area contributed by atoms with Crippen LogP contribution in [0.5, 0.6) is 0 Å². The third-order valence-corrected chi connectivity index (χ3v) is 2.82. The Kier molecular flexibility index (Phi) is 2.80. The van der Waals surface area contributed by atoms with E-state index < -0.39 is 5.97 Å². The van der Waals surface area contributed by atoms with Crippen LogP contribution in [0, 0.1) is 0 Å². The van der Waals surface area contributed by atoms with Crippen LogP contribution in [0.2, 0.25) is 0 Å². The van der Waals surface area contributed by atoms with E-state index >= 15 is 0 Å². The van der Waals surface area contributed by atoms with Crippen molar-refractivity contribution in [1.29, 1.82) is 0 Å². The van der Waals surface area contributed by atoms with E-state index in [4.69, 9.17) is 5.90 Å². The predicted octanol–water partition coefficient (Wildman–Crippen LogP) is 2.45. The molecular weight excluding hydrogens is 210 g/mol. The van der Waals surface area contributed by atoms with E-state index in [-0.39, 0.29) is 0 Å². The van der Waals surface area contributed by atoms with Crippen molar-refractivity contribution in [3.8, 4) is 11.1 Å². The van der Waals surface area contributed by atoms with Crippen molar-refractivity contribution in [2.24, 2.45) is 5.90 Å². The van der Waals surface area contributed by atoms with Crippen LogP contribution in [0.4, 0.5) is 0 Å². The van der Waals surface area contributed by atoms with Gasteiger partial charge in [0.25, 0.3) is 0 Å². The highest BCUT2D eigenvalue weighted by molar-refractivity contribution is 7.08. The van der Waals surface area contributed by atoms with Crippen molar-refractivity contribution in [2.45, 2.75) is 0 Å². The number of carbonyl (C=O) groups excluding carboxylic acids is 1. The van der Waals surface area contributed by atoms with Gasteiger partial charge in [0.1, 0.15) is 0 Å². The summed E-state index contributed by atoms with van der Waals surface area (Å²) >= 11 is 1.45. The normalized spacial score (nSPS) is 9.93. The van der Waals surface area contributed by atoms with Crippen LogP contribution in [0.15, 0.2) is 41.1 Å². The number of thiophene rings is 1. The zero-order valence-corrected chi connectivity index (χ0v) is 8.66. The average Bonchev–Trinajstić information content (AvgIpc) is 2.78. The Balaban J connectivity index is 2.46. The van der Waals surface area contributed by atoms with Crippen molar-refractivity contribution in [3.63, 3.8) is 0 Å². The number of hydrogen-bond donors (Lipinski definition) is 1. The molecule has 2 N–H and O–H groups in total. The van der Waals surface area contributed by atoms with Crippen molar-refractivity contribution >= 4 is 17.3 Å². The first kappa shape index (κ1) is 9.89. The molecule has 2 aromatic rings. The molecule has 1 aromatic heterocycles. The van der Waals surface area contributed by atoms with Crippen molar-refractivity contribution in [2.75, 3.05) is 0 Å². The molecule has 0 radical (unpaired) electrons. The summed E-state index contributed by atoms with van der Waals surface area (Å²) in [4.78, 5) is 15.6. The van der Waals surface area contributed by atoms with Gasteiger partial charge >= 0.3 is 5.97 Å². The van der Waals surface area contributed by atoms with E-state index in [0.29, 0.717) is 5.56 Å². The van der Waals surface area contributed by atoms with E-state index in [1.165, 1.54) is 11.3 Å². The maximum atomic E-state index is 11.3. The molecule has 15 heavy (non-hydrogen) atoms. The number of rotatable bonds is 2. The van der Waals surface area contributed by atoms with Crippen LogP contribution < -0.4 is 5.90 Å². The zero-order chi connectivity index (χ0) is 10.7. The number of nitrogens with two attached hydrogens (primary N) is 1. The molecule has 0 aliphatic rings. The van der Waals surface area contributed by atoms with Crippen LogP contribution in [-0.2, 0) is 4.84 Å². The Morgan fingerprint density at radius 3 is 2.60 bits per heavy atom. The molecule has 0 amide bonds. The first-order chi connectivity index (χ1) is 7.33. The van der Waals surface area contributed by atoms with Crippen LogP contribution in [-0.4, -0.2) is 5.97 Å². The molecule has 76 valence electrons. The standard InChI is InChI=1S/C11H9NO2S/c12-14-11(13)10-7-15-6-9(10)8-4-2-1-3-5-8/h1-7H,12H2. The van der Waals surface area contributed by atoms with E-state index in [2.05, 4.69) is 4.84 Å². The van der Waals surface area contributed by atoms with Crippen molar-refractivity contribution in [3.05, 3.63) is 46.7 Å². The lowest BCUT2D eigenvalue weighted by molar-refractivity contribution is 0.0505. The van der Waals surface area contributed by atoms with Crippen LogP contribution in [0.25, 0.3) is 11.1 Å². The SMILES string of the molecule is NOC(=O)c1cscc1-c1ccccc1. The van der Waals surface area contributed by atoms with Gasteiger partial charge in [-0.15, -0.1) is 0 Å². The molecule has 0 atom stereocenters. The lowest BCUT2D eigenvalue weighted by Gasteiger charge is -2.01. The lowest BCUT2D eigenvalue weighted by atomic mass is 10.1. The molecule has 0 bridgehead atoms. The molecule has 0 saturated carbocycles. The minimum atomic E-state index is -0.505. The number of carbonyl (C=O) groups is 1. The van der Waals surface area contributed by atoms with Crippen LogP contribution in [0.1, 0.15) is 10.4 Å². The summed E-state index contributed by atoms with van der Waals surface area (Å²) in [6.07, 6.45) is 0. The van der Waals surface area contributed by atoms with E-state index in [9.17, 15) is 4.79 Å². The minimum Gasteiger partial charge on any atom is -0.370 e. The fourth-order valence-electron chi connectivity index (χ4n) is 1.36. The Labute approximate surface area is 91.1 Å². The van der Waals surface area contributed by atoms with E-state index in [1.54, 1.807) is 5.38 Å². The Morgan fingerprint density at radius 2 is 1.93 bits per heavy atom. The second-order valence-electron chi connectivity index (χ2n) is 2.97. The maximum absolute atomic E-state index is 11.3. The largest absolute Gasteiger partial charge is 0.370 e. The summed E-state index contributed by atoms with van der Waals surface area (Å²) in [6, 6.07) is 9.65. The van der Waals surface area contributed by atoms with E-state index in [0.717, 1.165) is 11.1 Å². The van der Waals surface area contributed by atoms with Gasteiger partial charge in [-0.3, -0.25) is 0 Å². The lowest BCUT2D eigenvalue weighted by Crippen LogP contribution is -2.09.